The van der Waals surface area contributed by atoms with Crippen LogP contribution in [0.4, 0.5) is 24.7 Å². The summed E-state index contributed by atoms with van der Waals surface area (Å²) in [6, 6.07) is 5.80. The van der Waals surface area contributed by atoms with Gasteiger partial charge in [0.15, 0.2) is 0 Å². The van der Waals surface area contributed by atoms with Gasteiger partial charge < -0.3 is 10.2 Å². The van der Waals surface area contributed by atoms with Crippen molar-refractivity contribution in [2.75, 3.05) is 24.3 Å². The van der Waals surface area contributed by atoms with E-state index in [1.807, 2.05) is 0 Å². The molecule has 4 nitrogen and oxygen atoms in total. The van der Waals surface area contributed by atoms with Gasteiger partial charge in [0.05, 0.1) is 11.3 Å². The highest BCUT2D eigenvalue weighted by Gasteiger charge is 2.34. The normalized spacial score (nSPS) is 11.3. The zero-order chi connectivity index (χ0) is 18.1. The van der Waals surface area contributed by atoms with Crippen LogP contribution in [0.15, 0.2) is 30.3 Å². The quantitative estimate of drug-likeness (QED) is 0.786. The second-order valence-corrected chi connectivity index (χ2v) is 5.90. The molecular weight excluding hydrogens is 366 g/mol. The van der Waals surface area contributed by atoms with E-state index in [0.29, 0.717) is 5.82 Å². The average molecular weight is 378 g/mol. The van der Waals surface area contributed by atoms with Crippen molar-refractivity contribution in [2.45, 2.75) is 6.18 Å². The van der Waals surface area contributed by atoms with Crippen LogP contribution in [0.2, 0.25) is 10.2 Å². The first-order valence-electron chi connectivity index (χ1n) is 6.61. The van der Waals surface area contributed by atoms with Gasteiger partial charge in [-0.15, -0.1) is 0 Å². The van der Waals surface area contributed by atoms with Crippen molar-refractivity contribution in [3.8, 4) is 0 Å². The first-order valence-corrected chi connectivity index (χ1v) is 7.36. The maximum absolute atomic E-state index is 13.1. The zero-order valence-electron chi connectivity index (χ0n) is 12.6. The van der Waals surface area contributed by atoms with Crippen LogP contribution >= 0.6 is 23.2 Å². The Morgan fingerprint density at radius 3 is 2.42 bits per heavy atom. The predicted molar refractivity (Wildman–Crippen MR) is 88.0 cm³/mol. The van der Waals surface area contributed by atoms with E-state index in [0.717, 1.165) is 12.1 Å². The number of nitrogens with zero attached hydrogens (tertiary/aromatic N) is 2. The monoisotopic (exact) mass is 377 g/mol. The van der Waals surface area contributed by atoms with Crippen LogP contribution in [0.3, 0.4) is 0 Å². The molecule has 0 radical (unpaired) electrons. The molecular formula is C15H12Cl2F3N3O. The lowest BCUT2D eigenvalue weighted by molar-refractivity contribution is -0.136. The average Bonchev–Trinajstić information content (AvgIpc) is 2.47. The molecule has 1 aromatic carbocycles. The van der Waals surface area contributed by atoms with E-state index in [1.165, 1.54) is 18.2 Å². The third-order valence-electron chi connectivity index (χ3n) is 3.04. The van der Waals surface area contributed by atoms with E-state index in [9.17, 15) is 18.0 Å². The second kappa shape index (κ2) is 6.86. The molecule has 24 heavy (non-hydrogen) atoms. The Balaban J connectivity index is 2.37. The van der Waals surface area contributed by atoms with Crippen molar-refractivity contribution in [3.63, 3.8) is 0 Å². The lowest BCUT2D eigenvalue weighted by atomic mass is 10.1. The van der Waals surface area contributed by atoms with E-state index in [4.69, 9.17) is 23.2 Å². The predicted octanol–water partition coefficient (Wildman–Crippen LogP) is 4.73. The summed E-state index contributed by atoms with van der Waals surface area (Å²) in [6.45, 7) is 0. The minimum atomic E-state index is -4.65. The Hall–Kier alpha value is -1.99. The Labute approximate surface area is 146 Å². The molecule has 0 fully saturated rings. The molecule has 1 N–H and O–H groups in total. The molecule has 1 aromatic heterocycles. The topological polar surface area (TPSA) is 45.2 Å². The van der Waals surface area contributed by atoms with Crippen molar-refractivity contribution in [1.82, 2.24) is 4.98 Å². The first-order chi connectivity index (χ1) is 11.1. The number of pyridine rings is 1. The SMILES string of the molecule is CN(C)c1cc(C(=O)Nc2ccc(Cl)cc2C(F)(F)F)cc(Cl)n1. The molecule has 0 aliphatic rings. The van der Waals surface area contributed by atoms with Gasteiger partial charge in [-0.05, 0) is 30.3 Å². The molecule has 0 aliphatic heterocycles. The standard InChI is InChI=1S/C15H12Cl2F3N3O/c1-23(2)13-6-8(5-12(17)22-13)14(24)21-11-4-3-9(16)7-10(11)15(18,19)20/h3-7H,1-2H3,(H,21,24). The van der Waals surface area contributed by atoms with E-state index in [-0.39, 0.29) is 15.7 Å². The number of amides is 1. The molecule has 0 spiro atoms. The number of anilines is 2. The van der Waals surface area contributed by atoms with Gasteiger partial charge in [0.1, 0.15) is 11.0 Å². The fourth-order valence-corrected chi connectivity index (χ4v) is 2.27. The summed E-state index contributed by atoms with van der Waals surface area (Å²) in [5.74, 6) is -0.338. The molecule has 1 heterocycles. The van der Waals surface area contributed by atoms with Crippen molar-refractivity contribution in [2.24, 2.45) is 0 Å². The number of aromatic nitrogens is 1. The van der Waals surface area contributed by atoms with Gasteiger partial charge in [0.25, 0.3) is 5.91 Å². The number of hydrogen-bond acceptors (Lipinski definition) is 3. The second-order valence-electron chi connectivity index (χ2n) is 5.07. The van der Waals surface area contributed by atoms with Gasteiger partial charge in [-0.2, -0.15) is 13.2 Å². The molecule has 128 valence electrons. The van der Waals surface area contributed by atoms with Crippen molar-refractivity contribution < 1.29 is 18.0 Å². The Bertz CT molecular complexity index is 779. The number of carbonyl (C=O) groups excluding carboxylic acids is 1. The molecule has 0 saturated heterocycles. The summed E-state index contributed by atoms with van der Waals surface area (Å²) < 4.78 is 39.2. The summed E-state index contributed by atoms with van der Waals surface area (Å²) >= 11 is 11.5. The number of alkyl halides is 3. The molecule has 0 atom stereocenters. The van der Waals surface area contributed by atoms with E-state index < -0.39 is 23.3 Å². The van der Waals surface area contributed by atoms with Crippen LogP contribution in [0, 0.1) is 0 Å². The molecule has 0 bridgehead atoms. The molecule has 0 aliphatic carbocycles. The molecule has 1 amide bonds. The number of rotatable bonds is 3. The third-order valence-corrected chi connectivity index (χ3v) is 3.46. The van der Waals surface area contributed by atoms with E-state index >= 15 is 0 Å². The lowest BCUT2D eigenvalue weighted by Crippen LogP contribution is -2.18. The third kappa shape index (κ3) is 4.30. The fraction of sp³-hybridized carbons (Fsp3) is 0.200. The summed E-state index contributed by atoms with van der Waals surface area (Å²) in [4.78, 5) is 17.9. The Morgan fingerprint density at radius 2 is 1.83 bits per heavy atom. The molecule has 2 aromatic rings. The van der Waals surface area contributed by atoms with Crippen molar-refractivity contribution in [1.29, 1.82) is 0 Å². The van der Waals surface area contributed by atoms with Gasteiger partial charge in [-0.1, -0.05) is 23.2 Å². The molecule has 0 unspecified atom stereocenters. The Kier molecular flexibility index (Phi) is 5.25. The van der Waals surface area contributed by atoms with Gasteiger partial charge >= 0.3 is 6.18 Å². The highest BCUT2D eigenvalue weighted by molar-refractivity contribution is 6.31. The van der Waals surface area contributed by atoms with E-state index in [2.05, 4.69) is 10.3 Å². The smallest absolute Gasteiger partial charge is 0.363 e. The number of halogens is 5. The van der Waals surface area contributed by atoms with Gasteiger partial charge in [0, 0.05) is 24.7 Å². The number of benzene rings is 1. The van der Waals surface area contributed by atoms with Crippen LogP contribution in [-0.2, 0) is 6.18 Å². The van der Waals surface area contributed by atoms with Crippen LogP contribution < -0.4 is 10.2 Å². The van der Waals surface area contributed by atoms with Crippen LogP contribution in [-0.4, -0.2) is 25.0 Å². The maximum Gasteiger partial charge on any atom is 0.418 e. The largest absolute Gasteiger partial charge is 0.418 e. The minimum Gasteiger partial charge on any atom is -0.363 e. The molecule has 9 heteroatoms. The van der Waals surface area contributed by atoms with Gasteiger partial charge in [-0.3, -0.25) is 4.79 Å². The molecule has 2 rings (SSSR count). The Morgan fingerprint density at radius 1 is 1.17 bits per heavy atom. The maximum atomic E-state index is 13.1. The van der Waals surface area contributed by atoms with Gasteiger partial charge in [0.2, 0.25) is 0 Å². The number of hydrogen-bond donors (Lipinski definition) is 1. The van der Waals surface area contributed by atoms with Crippen LogP contribution in [0.1, 0.15) is 15.9 Å². The summed E-state index contributed by atoms with van der Waals surface area (Å²) in [5, 5.41) is 2.20. The number of carbonyl (C=O) groups is 1. The number of nitrogens with one attached hydrogen (secondary N) is 1. The summed E-state index contributed by atoms with van der Waals surface area (Å²) in [6.07, 6.45) is -4.65. The zero-order valence-corrected chi connectivity index (χ0v) is 14.1. The molecule has 0 saturated carbocycles. The lowest BCUT2D eigenvalue weighted by Gasteiger charge is -2.15. The van der Waals surface area contributed by atoms with E-state index in [1.54, 1.807) is 19.0 Å². The van der Waals surface area contributed by atoms with Crippen molar-refractivity contribution >= 4 is 40.6 Å². The highest BCUT2D eigenvalue weighted by Crippen LogP contribution is 2.36. The first kappa shape index (κ1) is 18.4. The van der Waals surface area contributed by atoms with Gasteiger partial charge in [-0.25, -0.2) is 4.98 Å². The fourth-order valence-electron chi connectivity index (χ4n) is 1.90. The summed E-state index contributed by atoms with van der Waals surface area (Å²) in [5.41, 5.74) is -1.34. The highest BCUT2D eigenvalue weighted by atomic mass is 35.5. The van der Waals surface area contributed by atoms with Crippen LogP contribution in [0.5, 0.6) is 0 Å². The van der Waals surface area contributed by atoms with Crippen LogP contribution in [0.25, 0.3) is 0 Å². The minimum absolute atomic E-state index is 0.0542. The van der Waals surface area contributed by atoms with Crippen molar-refractivity contribution in [3.05, 3.63) is 51.6 Å². The summed E-state index contributed by atoms with van der Waals surface area (Å²) in [7, 11) is 3.39.